The van der Waals surface area contributed by atoms with Gasteiger partial charge in [-0.2, -0.15) is 5.26 Å². The Labute approximate surface area is 89.0 Å². The van der Waals surface area contributed by atoms with Gasteiger partial charge in [-0.25, -0.2) is 4.39 Å². The average Bonchev–Trinajstić information content (AvgIpc) is 2.18. The fourth-order valence-corrected chi connectivity index (χ4v) is 1.33. The lowest BCUT2D eigenvalue weighted by Crippen LogP contribution is -2.15. The molecule has 0 spiro atoms. The van der Waals surface area contributed by atoms with E-state index in [2.05, 4.69) is 11.9 Å². The van der Waals surface area contributed by atoms with E-state index in [-0.39, 0.29) is 11.6 Å². The summed E-state index contributed by atoms with van der Waals surface area (Å²) in [5.74, 6) is -0.492. The number of nitrogens with one attached hydrogen (secondary N) is 1. The monoisotopic (exact) mass is 204 g/mol. The van der Waals surface area contributed by atoms with Gasteiger partial charge in [0.25, 0.3) is 0 Å². The van der Waals surface area contributed by atoms with Crippen molar-refractivity contribution >= 4 is 5.69 Å². The van der Waals surface area contributed by atoms with Crippen LogP contribution in [-0.2, 0) is 0 Å². The van der Waals surface area contributed by atoms with E-state index >= 15 is 0 Å². The number of rotatable bonds is 4. The second-order valence-electron chi connectivity index (χ2n) is 3.34. The summed E-state index contributed by atoms with van der Waals surface area (Å²) in [6.07, 6.45) is 2.55. The predicted octanol–water partition coefficient (Wildman–Crippen LogP) is 3.07. The lowest BCUT2D eigenvalue weighted by atomic mass is 10.1. The van der Waals surface area contributed by atoms with Gasteiger partial charge >= 0.3 is 0 Å². The Bertz CT molecular complexity index is 393. The first kappa shape index (κ1) is 11.3. The first-order valence-electron chi connectivity index (χ1n) is 4.75. The maximum absolute atomic E-state index is 13.2. The molecule has 0 saturated heterocycles. The second-order valence-corrected chi connectivity index (χ2v) is 3.34. The van der Waals surface area contributed by atoms with Gasteiger partial charge < -0.3 is 5.32 Å². The molecule has 1 rings (SSSR count). The van der Waals surface area contributed by atoms with Gasteiger partial charge in [0.2, 0.25) is 0 Å². The van der Waals surface area contributed by atoms with Crippen LogP contribution in [0.25, 0.3) is 0 Å². The van der Waals surface area contributed by atoms with Crippen molar-refractivity contribution in [3.63, 3.8) is 0 Å². The van der Waals surface area contributed by atoms with Crippen molar-refractivity contribution in [2.75, 3.05) is 5.32 Å². The average molecular weight is 204 g/mol. The van der Waals surface area contributed by atoms with E-state index < -0.39 is 5.82 Å². The molecule has 0 fully saturated rings. The van der Waals surface area contributed by atoms with Crippen LogP contribution in [0.5, 0.6) is 0 Å². The van der Waals surface area contributed by atoms with Gasteiger partial charge in [0.05, 0.1) is 5.69 Å². The zero-order chi connectivity index (χ0) is 11.3. The third-order valence-electron chi connectivity index (χ3n) is 2.05. The molecule has 3 heteroatoms. The summed E-state index contributed by atoms with van der Waals surface area (Å²) in [4.78, 5) is 0. The maximum Gasteiger partial charge on any atom is 0.143 e. The van der Waals surface area contributed by atoms with Crippen molar-refractivity contribution in [1.82, 2.24) is 0 Å². The second kappa shape index (κ2) is 5.16. The molecule has 1 aromatic carbocycles. The Morgan fingerprint density at radius 3 is 3.00 bits per heavy atom. The zero-order valence-corrected chi connectivity index (χ0v) is 8.63. The first-order valence-corrected chi connectivity index (χ1v) is 4.75. The van der Waals surface area contributed by atoms with Gasteiger partial charge in [-0.05, 0) is 25.5 Å². The molecule has 1 unspecified atom stereocenters. The standard InChI is InChI=1S/C12H13FN2/c1-3-5-9(2)15-12-7-4-6-11(13)10(12)8-14/h3-4,6-7,9,15H,1,5H2,2H3. The van der Waals surface area contributed by atoms with Crippen molar-refractivity contribution < 1.29 is 4.39 Å². The van der Waals surface area contributed by atoms with E-state index in [4.69, 9.17) is 5.26 Å². The Morgan fingerprint density at radius 1 is 1.67 bits per heavy atom. The van der Waals surface area contributed by atoms with Crippen LogP contribution >= 0.6 is 0 Å². The molecule has 0 radical (unpaired) electrons. The minimum Gasteiger partial charge on any atom is -0.381 e. The SMILES string of the molecule is C=CCC(C)Nc1cccc(F)c1C#N. The highest BCUT2D eigenvalue weighted by Crippen LogP contribution is 2.19. The van der Waals surface area contributed by atoms with Crippen LogP contribution in [0, 0.1) is 17.1 Å². The largest absolute Gasteiger partial charge is 0.381 e. The number of halogens is 1. The summed E-state index contributed by atoms with van der Waals surface area (Å²) in [5, 5.41) is 11.9. The Hall–Kier alpha value is -1.82. The Balaban J connectivity index is 2.90. The maximum atomic E-state index is 13.2. The first-order chi connectivity index (χ1) is 7.19. The molecule has 0 aromatic heterocycles. The summed E-state index contributed by atoms with van der Waals surface area (Å²) in [6.45, 7) is 5.58. The van der Waals surface area contributed by atoms with E-state index in [1.165, 1.54) is 6.07 Å². The molecule has 2 nitrogen and oxygen atoms in total. The lowest BCUT2D eigenvalue weighted by molar-refractivity contribution is 0.624. The molecule has 0 aliphatic rings. The molecule has 15 heavy (non-hydrogen) atoms. The smallest absolute Gasteiger partial charge is 0.143 e. The van der Waals surface area contributed by atoms with Gasteiger partial charge in [-0.1, -0.05) is 12.1 Å². The van der Waals surface area contributed by atoms with Crippen molar-refractivity contribution in [2.24, 2.45) is 0 Å². The molecule has 78 valence electrons. The topological polar surface area (TPSA) is 35.8 Å². The molecule has 0 aliphatic carbocycles. The van der Waals surface area contributed by atoms with Gasteiger partial charge in [0.1, 0.15) is 17.4 Å². The van der Waals surface area contributed by atoms with Crippen molar-refractivity contribution in [3.8, 4) is 6.07 Å². The summed E-state index contributed by atoms with van der Waals surface area (Å²) in [7, 11) is 0. The van der Waals surface area contributed by atoms with E-state index in [0.717, 1.165) is 6.42 Å². The number of hydrogen-bond donors (Lipinski definition) is 1. The fourth-order valence-electron chi connectivity index (χ4n) is 1.33. The normalized spacial score (nSPS) is 11.5. The van der Waals surface area contributed by atoms with Crippen LogP contribution in [-0.4, -0.2) is 6.04 Å². The minimum absolute atomic E-state index is 0.0633. The quantitative estimate of drug-likeness (QED) is 0.765. The van der Waals surface area contributed by atoms with Crippen LogP contribution in [0.15, 0.2) is 30.9 Å². The van der Waals surface area contributed by atoms with Crippen LogP contribution in [0.2, 0.25) is 0 Å². The molecule has 0 saturated carbocycles. The van der Waals surface area contributed by atoms with Crippen molar-refractivity contribution in [3.05, 3.63) is 42.2 Å². The van der Waals surface area contributed by atoms with E-state index in [0.29, 0.717) is 5.69 Å². The molecule has 0 aliphatic heterocycles. The van der Waals surface area contributed by atoms with E-state index in [1.807, 2.05) is 13.0 Å². The van der Waals surface area contributed by atoms with Gasteiger partial charge in [0, 0.05) is 6.04 Å². The zero-order valence-electron chi connectivity index (χ0n) is 8.63. The molecule has 1 atom stereocenters. The third-order valence-corrected chi connectivity index (χ3v) is 2.05. The van der Waals surface area contributed by atoms with Gasteiger partial charge in [0.15, 0.2) is 0 Å². The number of anilines is 1. The summed E-state index contributed by atoms with van der Waals surface area (Å²) in [6, 6.07) is 6.54. The van der Waals surface area contributed by atoms with Gasteiger partial charge in [-0.15, -0.1) is 6.58 Å². The van der Waals surface area contributed by atoms with E-state index in [1.54, 1.807) is 18.2 Å². The summed E-state index contributed by atoms with van der Waals surface area (Å²) < 4.78 is 13.2. The molecule has 0 heterocycles. The highest BCUT2D eigenvalue weighted by atomic mass is 19.1. The highest BCUT2D eigenvalue weighted by molar-refractivity contribution is 5.58. The predicted molar refractivity (Wildman–Crippen MR) is 59.0 cm³/mol. The van der Waals surface area contributed by atoms with Crippen LogP contribution in [0.1, 0.15) is 18.9 Å². The number of nitrogens with zero attached hydrogens (tertiary/aromatic N) is 1. The van der Waals surface area contributed by atoms with E-state index in [9.17, 15) is 4.39 Å². The van der Waals surface area contributed by atoms with Crippen molar-refractivity contribution in [1.29, 1.82) is 5.26 Å². The summed E-state index contributed by atoms with van der Waals surface area (Å²) >= 11 is 0. The Morgan fingerprint density at radius 2 is 2.40 bits per heavy atom. The molecular weight excluding hydrogens is 191 g/mol. The minimum atomic E-state index is -0.492. The molecule has 1 aromatic rings. The number of nitriles is 1. The summed E-state index contributed by atoms with van der Waals surface area (Å²) in [5.41, 5.74) is 0.597. The third kappa shape index (κ3) is 2.81. The van der Waals surface area contributed by atoms with Crippen LogP contribution < -0.4 is 5.32 Å². The Kier molecular flexibility index (Phi) is 3.87. The van der Waals surface area contributed by atoms with Crippen LogP contribution in [0.3, 0.4) is 0 Å². The van der Waals surface area contributed by atoms with Crippen LogP contribution in [0.4, 0.5) is 10.1 Å². The lowest BCUT2D eigenvalue weighted by Gasteiger charge is -2.14. The van der Waals surface area contributed by atoms with Crippen molar-refractivity contribution in [2.45, 2.75) is 19.4 Å². The van der Waals surface area contributed by atoms with Gasteiger partial charge in [-0.3, -0.25) is 0 Å². The number of benzene rings is 1. The molecule has 1 N–H and O–H groups in total. The molecular formula is C12H13FN2. The highest BCUT2D eigenvalue weighted by Gasteiger charge is 2.08. The fraction of sp³-hybridized carbons (Fsp3) is 0.250. The molecule has 0 amide bonds. The molecule has 0 bridgehead atoms. The number of hydrogen-bond acceptors (Lipinski definition) is 2.